The van der Waals surface area contributed by atoms with E-state index in [1.165, 1.54) is 16.1 Å². The van der Waals surface area contributed by atoms with Gasteiger partial charge in [-0.05, 0) is 37.2 Å². The molecule has 25 heavy (non-hydrogen) atoms. The highest BCUT2D eigenvalue weighted by Gasteiger charge is 2.30. The summed E-state index contributed by atoms with van der Waals surface area (Å²) in [6, 6.07) is 10.4. The van der Waals surface area contributed by atoms with E-state index in [4.69, 9.17) is 0 Å². The van der Waals surface area contributed by atoms with E-state index in [-0.39, 0.29) is 23.3 Å². The van der Waals surface area contributed by atoms with Crippen molar-refractivity contribution in [1.29, 1.82) is 0 Å². The smallest absolute Gasteiger partial charge is 0.223 e. The summed E-state index contributed by atoms with van der Waals surface area (Å²) in [5.74, 6) is -0.0511. The molecule has 1 aliphatic rings. The van der Waals surface area contributed by atoms with E-state index >= 15 is 0 Å². The molecule has 140 valence electrons. The van der Waals surface area contributed by atoms with Gasteiger partial charge in [0, 0.05) is 25.0 Å². The number of benzene rings is 1. The number of sulfonamides is 1. The average molecular weight is 367 g/mol. The van der Waals surface area contributed by atoms with Crippen molar-refractivity contribution in [2.24, 2.45) is 5.92 Å². The van der Waals surface area contributed by atoms with Gasteiger partial charge < -0.3 is 5.32 Å². The van der Waals surface area contributed by atoms with E-state index in [0.717, 1.165) is 6.42 Å². The third kappa shape index (κ3) is 5.54. The van der Waals surface area contributed by atoms with Gasteiger partial charge in [-0.25, -0.2) is 12.7 Å². The number of carbonyl (C=O) groups excluding carboxylic acids is 1. The fourth-order valence-electron chi connectivity index (χ4n) is 3.63. The maximum Gasteiger partial charge on any atom is 0.223 e. The van der Waals surface area contributed by atoms with Crippen molar-refractivity contribution >= 4 is 15.9 Å². The van der Waals surface area contributed by atoms with Crippen LogP contribution in [0.1, 0.15) is 45.6 Å². The minimum atomic E-state index is -3.15. The lowest BCUT2D eigenvalue weighted by Crippen LogP contribution is -2.45. The second-order valence-electron chi connectivity index (χ2n) is 7.80. The van der Waals surface area contributed by atoms with Crippen LogP contribution in [0.15, 0.2) is 30.3 Å². The number of rotatable bonds is 6. The van der Waals surface area contributed by atoms with Gasteiger partial charge in [0.2, 0.25) is 15.9 Å². The fourth-order valence-corrected chi connectivity index (χ4v) is 4.51. The number of hydrogen-bond donors (Lipinski definition) is 1. The van der Waals surface area contributed by atoms with E-state index in [2.05, 4.69) is 31.3 Å². The molecule has 0 saturated carbocycles. The number of nitrogens with zero attached hydrogens (tertiary/aromatic N) is 1. The highest BCUT2D eigenvalue weighted by molar-refractivity contribution is 7.88. The molecule has 0 spiro atoms. The summed E-state index contributed by atoms with van der Waals surface area (Å²) in [4.78, 5) is 12.5. The molecule has 1 saturated heterocycles. The summed E-state index contributed by atoms with van der Waals surface area (Å²) < 4.78 is 24.6. The molecule has 1 atom stereocenters. The Balaban J connectivity index is 1.87. The summed E-state index contributed by atoms with van der Waals surface area (Å²) >= 11 is 0. The third-order valence-electron chi connectivity index (χ3n) is 5.05. The van der Waals surface area contributed by atoms with Crippen molar-refractivity contribution in [2.45, 2.75) is 51.5 Å². The van der Waals surface area contributed by atoms with Crippen LogP contribution in [0.25, 0.3) is 0 Å². The molecule has 1 fully saturated rings. The molecular formula is C19H30N2O3S. The van der Waals surface area contributed by atoms with Gasteiger partial charge in [0.15, 0.2) is 0 Å². The lowest BCUT2D eigenvalue weighted by Gasteiger charge is -2.32. The minimum Gasteiger partial charge on any atom is -0.353 e. The molecule has 0 aliphatic carbocycles. The van der Waals surface area contributed by atoms with Gasteiger partial charge in [-0.1, -0.05) is 44.2 Å². The first-order chi connectivity index (χ1) is 11.6. The Kier molecular flexibility index (Phi) is 6.27. The molecule has 1 unspecified atom stereocenters. The van der Waals surface area contributed by atoms with Gasteiger partial charge in [-0.2, -0.15) is 0 Å². The molecule has 2 rings (SSSR count). The zero-order valence-electron chi connectivity index (χ0n) is 15.7. The molecule has 1 heterocycles. The van der Waals surface area contributed by atoms with Gasteiger partial charge in [-0.15, -0.1) is 0 Å². The fraction of sp³-hybridized carbons (Fsp3) is 0.632. The molecule has 1 aromatic carbocycles. The molecule has 1 N–H and O–H groups in total. The summed E-state index contributed by atoms with van der Waals surface area (Å²) in [7, 11) is -3.15. The van der Waals surface area contributed by atoms with Crippen LogP contribution in [0.3, 0.4) is 0 Å². The van der Waals surface area contributed by atoms with Crippen LogP contribution in [0.4, 0.5) is 0 Å². The average Bonchev–Trinajstić information content (AvgIpc) is 2.54. The molecule has 5 nitrogen and oxygen atoms in total. The Morgan fingerprint density at radius 1 is 1.24 bits per heavy atom. The molecule has 1 aliphatic heterocycles. The second kappa shape index (κ2) is 7.87. The minimum absolute atomic E-state index is 0.0202. The van der Waals surface area contributed by atoms with Crippen molar-refractivity contribution in [3.8, 4) is 0 Å². The highest BCUT2D eigenvalue weighted by Crippen LogP contribution is 2.28. The van der Waals surface area contributed by atoms with E-state index < -0.39 is 10.0 Å². The van der Waals surface area contributed by atoms with Crippen LogP contribution in [0.2, 0.25) is 0 Å². The quantitative estimate of drug-likeness (QED) is 0.841. The Labute approximate surface area is 151 Å². The van der Waals surface area contributed by atoms with E-state index in [1.807, 2.05) is 25.1 Å². The number of carbonyl (C=O) groups is 1. The molecule has 1 aromatic rings. The zero-order valence-corrected chi connectivity index (χ0v) is 16.5. The Morgan fingerprint density at radius 2 is 1.80 bits per heavy atom. The molecule has 0 bridgehead atoms. The molecule has 0 aromatic heterocycles. The molecule has 1 amide bonds. The van der Waals surface area contributed by atoms with Crippen molar-refractivity contribution in [2.75, 3.05) is 19.3 Å². The summed E-state index contributed by atoms with van der Waals surface area (Å²) in [5.41, 5.74) is 1.24. The Hall–Kier alpha value is -1.40. The van der Waals surface area contributed by atoms with Crippen LogP contribution in [0, 0.1) is 5.92 Å². The Morgan fingerprint density at radius 3 is 2.32 bits per heavy atom. The first kappa shape index (κ1) is 19.9. The molecule has 0 radical (unpaired) electrons. The maximum absolute atomic E-state index is 12.5. The van der Waals surface area contributed by atoms with Crippen molar-refractivity contribution in [3.63, 3.8) is 0 Å². The zero-order chi connectivity index (χ0) is 18.7. The third-order valence-corrected chi connectivity index (χ3v) is 6.36. The van der Waals surface area contributed by atoms with Crippen molar-refractivity contribution < 1.29 is 13.2 Å². The standard InChI is InChI=1S/C19H30N2O3S/c1-15(14-19(2,3)17-8-6-5-7-9-17)20-18(22)16-10-12-21(13-11-16)25(4,23)24/h5-9,15-16H,10-14H2,1-4H3,(H,20,22). The van der Waals surface area contributed by atoms with Crippen LogP contribution in [0.5, 0.6) is 0 Å². The summed E-state index contributed by atoms with van der Waals surface area (Å²) in [5, 5.41) is 3.12. The predicted molar refractivity (Wildman–Crippen MR) is 101 cm³/mol. The number of nitrogens with one attached hydrogen (secondary N) is 1. The van der Waals surface area contributed by atoms with E-state index in [1.54, 1.807) is 0 Å². The van der Waals surface area contributed by atoms with Gasteiger partial charge in [-0.3, -0.25) is 4.79 Å². The SMILES string of the molecule is CC(CC(C)(C)c1ccccc1)NC(=O)C1CCN(S(C)(=O)=O)CC1. The summed E-state index contributed by atoms with van der Waals surface area (Å²) in [6.45, 7) is 7.28. The van der Waals surface area contributed by atoms with Crippen LogP contribution in [-0.2, 0) is 20.2 Å². The maximum atomic E-state index is 12.5. The van der Waals surface area contributed by atoms with E-state index in [0.29, 0.717) is 25.9 Å². The van der Waals surface area contributed by atoms with Gasteiger partial charge >= 0.3 is 0 Å². The van der Waals surface area contributed by atoms with Crippen molar-refractivity contribution in [3.05, 3.63) is 35.9 Å². The highest BCUT2D eigenvalue weighted by atomic mass is 32.2. The van der Waals surface area contributed by atoms with Gasteiger partial charge in [0.1, 0.15) is 0 Å². The topological polar surface area (TPSA) is 66.5 Å². The first-order valence-electron chi connectivity index (χ1n) is 8.90. The van der Waals surface area contributed by atoms with Crippen LogP contribution in [-0.4, -0.2) is 44.0 Å². The Bertz CT molecular complexity index is 678. The van der Waals surface area contributed by atoms with Gasteiger partial charge in [0.05, 0.1) is 6.26 Å². The van der Waals surface area contributed by atoms with Crippen LogP contribution >= 0.6 is 0 Å². The van der Waals surface area contributed by atoms with Crippen LogP contribution < -0.4 is 5.32 Å². The number of piperidine rings is 1. The van der Waals surface area contributed by atoms with Crippen molar-refractivity contribution in [1.82, 2.24) is 9.62 Å². The lowest BCUT2D eigenvalue weighted by molar-refractivity contribution is -0.126. The normalized spacial score (nSPS) is 18.7. The lowest BCUT2D eigenvalue weighted by atomic mass is 9.79. The second-order valence-corrected chi connectivity index (χ2v) is 9.78. The molecule has 6 heteroatoms. The first-order valence-corrected chi connectivity index (χ1v) is 10.8. The predicted octanol–water partition coefficient (Wildman–Crippen LogP) is 2.53. The monoisotopic (exact) mass is 366 g/mol. The van der Waals surface area contributed by atoms with Gasteiger partial charge in [0.25, 0.3) is 0 Å². The number of amides is 1. The number of hydrogen-bond acceptors (Lipinski definition) is 3. The molecular weight excluding hydrogens is 336 g/mol. The van der Waals surface area contributed by atoms with E-state index in [9.17, 15) is 13.2 Å². The summed E-state index contributed by atoms with van der Waals surface area (Å²) in [6.07, 6.45) is 3.26. The largest absolute Gasteiger partial charge is 0.353 e.